The molecule has 5 N–H and O–H groups in total. The van der Waals surface area contributed by atoms with E-state index in [4.69, 9.17) is 5.73 Å². The summed E-state index contributed by atoms with van der Waals surface area (Å²) in [4.78, 5) is 14.9. The topological polar surface area (TPSA) is 100 Å². The van der Waals surface area contributed by atoms with Crippen molar-refractivity contribution in [1.29, 1.82) is 0 Å². The maximum Gasteiger partial charge on any atom is 0.219 e. The van der Waals surface area contributed by atoms with Gasteiger partial charge in [-0.15, -0.1) is 0 Å². The average molecular weight is 507 g/mol. The molecule has 6 heteroatoms. The van der Waals surface area contributed by atoms with Crippen LogP contribution in [0.4, 0.5) is 5.82 Å². The molecule has 0 fully saturated rings. The Kier molecular flexibility index (Phi) is 17.1. The van der Waals surface area contributed by atoms with Gasteiger partial charge in [-0.25, -0.2) is 4.98 Å². The zero-order chi connectivity index (χ0) is 27.3. The van der Waals surface area contributed by atoms with E-state index >= 15 is 0 Å². The number of aliphatic hydroxyl groups is 1. The molecule has 1 amide bonds. The van der Waals surface area contributed by atoms with Gasteiger partial charge in [0.15, 0.2) is 0 Å². The first-order valence-corrected chi connectivity index (χ1v) is 13.4. The van der Waals surface area contributed by atoms with Crippen LogP contribution < -0.4 is 16.4 Å². The molecule has 0 bridgehead atoms. The lowest BCUT2D eigenvalue weighted by molar-refractivity contribution is -0.120. The molecule has 0 unspecified atom stereocenters. The number of aliphatic hydroxyl groups excluding tert-OH is 1. The molecular weight excluding hydrogens is 460 g/mol. The van der Waals surface area contributed by atoms with Crippen LogP contribution in [0.5, 0.6) is 0 Å². The number of amides is 1. The Morgan fingerprint density at radius 1 is 0.919 bits per heavy atom. The number of nitrogen functional groups attached to an aromatic ring is 1. The van der Waals surface area contributed by atoms with E-state index < -0.39 is 6.10 Å². The Bertz CT molecular complexity index is 948. The molecule has 3 aromatic rings. The van der Waals surface area contributed by atoms with Crippen molar-refractivity contribution in [1.82, 2.24) is 15.6 Å². The summed E-state index contributed by atoms with van der Waals surface area (Å²) in [5.74, 6) is 0.560. The molecule has 0 radical (unpaired) electrons. The van der Waals surface area contributed by atoms with Gasteiger partial charge in [0.2, 0.25) is 5.91 Å². The number of carbonyl (C=O) groups excluding carboxylic acids is 1. The molecule has 0 aliphatic rings. The number of nitrogens with zero attached hydrogens (tertiary/aromatic N) is 1. The highest BCUT2D eigenvalue weighted by atomic mass is 16.3. The fourth-order valence-electron chi connectivity index (χ4n) is 3.36. The van der Waals surface area contributed by atoms with Crippen LogP contribution in [0, 0.1) is 0 Å². The van der Waals surface area contributed by atoms with E-state index in [1.165, 1.54) is 24.8 Å². The molecule has 0 saturated carbocycles. The van der Waals surface area contributed by atoms with Gasteiger partial charge in [0.25, 0.3) is 0 Å². The number of benzene rings is 2. The van der Waals surface area contributed by atoms with Crippen LogP contribution in [0.15, 0.2) is 79.0 Å². The largest absolute Gasteiger partial charge is 0.387 e. The fourth-order valence-corrected chi connectivity index (χ4v) is 3.36. The van der Waals surface area contributed by atoms with Crippen LogP contribution in [-0.2, 0) is 17.8 Å². The number of aromatic nitrogens is 1. The van der Waals surface area contributed by atoms with Crippen molar-refractivity contribution in [3.63, 3.8) is 0 Å². The number of unbranched alkanes of at least 4 members (excludes halogenated alkanes) is 2. The maximum absolute atomic E-state index is 10.9. The molecule has 2 aromatic carbocycles. The molecule has 2 atom stereocenters. The van der Waals surface area contributed by atoms with Crippen LogP contribution in [-0.4, -0.2) is 28.6 Å². The maximum atomic E-state index is 10.9. The molecule has 0 aliphatic heterocycles. The molecule has 37 heavy (non-hydrogen) atoms. The van der Waals surface area contributed by atoms with Crippen molar-refractivity contribution in [2.75, 3.05) is 12.3 Å². The number of rotatable bonds is 11. The minimum Gasteiger partial charge on any atom is -0.387 e. The summed E-state index contributed by atoms with van der Waals surface area (Å²) in [7, 11) is 0. The first-order chi connectivity index (χ1) is 17.9. The number of nitrogens with one attached hydrogen (secondary N) is 2. The lowest BCUT2D eigenvalue weighted by Gasteiger charge is -2.17. The van der Waals surface area contributed by atoms with E-state index in [1.54, 1.807) is 18.3 Å². The van der Waals surface area contributed by atoms with Crippen molar-refractivity contribution >= 4 is 11.7 Å². The lowest BCUT2D eigenvalue weighted by atomic mass is 10.1. The van der Waals surface area contributed by atoms with Gasteiger partial charge in [-0.1, -0.05) is 107 Å². The average Bonchev–Trinajstić information content (AvgIpc) is 2.93. The molecule has 0 spiro atoms. The van der Waals surface area contributed by atoms with Gasteiger partial charge >= 0.3 is 0 Å². The standard InChI is InChI=1S/C16H21N3O.C10H13NO.C5H12/c1-12(9-13-5-3-2-4-6-13)18-11-15(20)14-7-8-16(17)19-10-14;1-2-10(12)11-8-9-6-4-3-5-7-9;1-3-5-4-2/h2-8,10,12,15,18,20H,9,11H2,1H3,(H2,17,19);3-7H,2,8H2,1H3,(H,11,12);3-5H2,1-2H3/t12-,15+;;/m1../s1. The van der Waals surface area contributed by atoms with E-state index in [0.29, 0.717) is 31.4 Å². The SMILES string of the molecule is CCC(=O)NCc1ccccc1.CCCCC.C[C@H](Cc1ccccc1)NC[C@H](O)c1ccc(N)nc1. The summed E-state index contributed by atoms with van der Waals surface area (Å²) in [6, 6.07) is 24.0. The van der Waals surface area contributed by atoms with Crippen molar-refractivity contribution in [2.24, 2.45) is 0 Å². The molecule has 0 saturated heterocycles. The molecule has 1 aromatic heterocycles. The molecule has 1 heterocycles. The van der Waals surface area contributed by atoms with E-state index in [-0.39, 0.29) is 5.91 Å². The Balaban J connectivity index is 0.000000340. The third kappa shape index (κ3) is 15.5. The first-order valence-electron chi connectivity index (χ1n) is 13.4. The Hall–Kier alpha value is -3.22. The van der Waals surface area contributed by atoms with Gasteiger partial charge in [-0.05, 0) is 30.5 Å². The molecule has 0 aliphatic carbocycles. The van der Waals surface area contributed by atoms with Crippen LogP contribution in [0.25, 0.3) is 0 Å². The molecule has 3 rings (SSSR count). The monoisotopic (exact) mass is 506 g/mol. The molecule has 6 nitrogen and oxygen atoms in total. The number of nitrogens with two attached hydrogens (primary N) is 1. The highest BCUT2D eigenvalue weighted by Crippen LogP contribution is 2.12. The number of pyridine rings is 1. The zero-order valence-corrected chi connectivity index (χ0v) is 23.0. The van der Waals surface area contributed by atoms with E-state index in [2.05, 4.69) is 48.5 Å². The van der Waals surface area contributed by atoms with Gasteiger partial charge in [0.05, 0.1) is 6.10 Å². The second kappa shape index (κ2) is 19.9. The van der Waals surface area contributed by atoms with Gasteiger partial charge in [0, 0.05) is 37.3 Å². The summed E-state index contributed by atoms with van der Waals surface area (Å²) >= 11 is 0. The van der Waals surface area contributed by atoms with Crippen molar-refractivity contribution in [2.45, 2.75) is 78.5 Å². The summed E-state index contributed by atoms with van der Waals surface area (Å²) in [5, 5.41) is 16.2. The van der Waals surface area contributed by atoms with Crippen LogP contribution in [0.1, 0.15) is 76.2 Å². The summed E-state index contributed by atoms with van der Waals surface area (Å²) in [6.07, 6.45) is 6.61. The molecular formula is C31H46N4O2. The number of anilines is 1. The summed E-state index contributed by atoms with van der Waals surface area (Å²) < 4.78 is 0. The first kappa shape index (κ1) is 31.8. The Labute approximate surface area is 223 Å². The van der Waals surface area contributed by atoms with Gasteiger partial charge in [0.1, 0.15) is 5.82 Å². The third-order valence-corrected chi connectivity index (χ3v) is 5.60. The predicted molar refractivity (Wildman–Crippen MR) is 155 cm³/mol. The van der Waals surface area contributed by atoms with Gasteiger partial charge in [-0.2, -0.15) is 0 Å². The molecule has 202 valence electrons. The van der Waals surface area contributed by atoms with Gasteiger partial charge in [-0.3, -0.25) is 4.79 Å². The van der Waals surface area contributed by atoms with Crippen molar-refractivity contribution < 1.29 is 9.90 Å². The van der Waals surface area contributed by atoms with Crippen LogP contribution in [0.2, 0.25) is 0 Å². The lowest BCUT2D eigenvalue weighted by Crippen LogP contribution is -2.32. The van der Waals surface area contributed by atoms with E-state index in [9.17, 15) is 9.90 Å². The van der Waals surface area contributed by atoms with Crippen molar-refractivity contribution in [3.05, 3.63) is 95.7 Å². The summed E-state index contributed by atoms with van der Waals surface area (Å²) in [6.45, 7) is 9.52. The number of carbonyl (C=O) groups is 1. The fraction of sp³-hybridized carbons (Fsp3) is 0.419. The third-order valence-electron chi connectivity index (χ3n) is 5.60. The second-order valence-corrected chi connectivity index (χ2v) is 9.00. The van der Waals surface area contributed by atoms with E-state index in [0.717, 1.165) is 17.5 Å². The summed E-state index contributed by atoms with van der Waals surface area (Å²) in [5.41, 5.74) is 8.73. The normalized spacial score (nSPS) is 11.7. The van der Waals surface area contributed by atoms with Crippen LogP contribution in [0.3, 0.4) is 0 Å². The predicted octanol–water partition coefficient (Wildman–Crippen LogP) is 5.83. The number of hydrogen-bond donors (Lipinski definition) is 4. The van der Waals surface area contributed by atoms with E-state index in [1.807, 2.05) is 55.5 Å². The second-order valence-electron chi connectivity index (χ2n) is 9.00. The Morgan fingerprint density at radius 3 is 2.00 bits per heavy atom. The minimum absolute atomic E-state index is 0.0962. The van der Waals surface area contributed by atoms with Crippen LogP contribution >= 0.6 is 0 Å². The quantitative estimate of drug-likeness (QED) is 0.262. The Morgan fingerprint density at radius 2 is 1.51 bits per heavy atom. The smallest absolute Gasteiger partial charge is 0.219 e. The zero-order valence-electron chi connectivity index (χ0n) is 23.0. The number of hydrogen-bond acceptors (Lipinski definition) is 5. The highest BCUT2D eigenvalue weighted by molar-refractivity contribution is 5.75. The van der Waals surface area contributed by atoms with Gasteiger partial charge < -0.3 is 21.5 Å². The minimum atomic E-state index is -0.568. The van der Waals surface area contributed by atoms with Crippen molar-refractivity contribution in [3.8, 4) is 0 Å². The highest BCUT2D eigenvalue weighted by Gasteiger charge is 2.10.